The first kappa shape index (κ1) is 11.2. The zero-order chi connectivity index (χ0) is 11.0. The number of carbonyl (C=O) groups is 2. The molecular weight excluding hydrogens is 182 g/mol. The van der Waals surface area contributed by atoms with Gasteiger partial charge in [-0.05, 0) is 12.3 Å². The number of amides is 1. The van der Waals surface area contributed by atoms with Gasteiger partial charge in [-0.15, -0.1) is 0 Å². The highest BCUT2D eigenvalue weighted by atomic mass is 16.7. The Balaban J connectivity index is 2.80. The lowest BCUT2D eigenvalue weighted by molar-refractivity contribution is -0.218. The van der Waals surface area contributed by atoms with Gasteiger partial charge in [-0.3, -0.25) is 9.63 Å². The van der Waals surface area contributed by atoms with Crippen molar-refractivity contribution < 1.29 is 14.4 Å². The lowest BCUT2D eigenvalue weighted by Crippen LogP contribution is -2.40. The Morgan fingerprint density at radius 2 is 2.14 bits per heavy atom. The molecule has 0 N–H and O–H groups in total. The van der Waals surface area contributed by atoms with Gasteiger partial charge in [0.25, 0.3) is 0 Å². The summed E-state index contributed by atoms with van der Waals surface area (Å²) in [6.07, 6.45) is 1.01. The smallest absolute Gasteiger partial charge is 0.249 e. The topological polar surface area (TPSA) is 46.6 Å². The van der Waals surface area contributed by atoms with Crippen LogP contribution >= 0.6 is 0 Å². The standard InChI is InChI=1S/C10H17NO3/c1-9(2,3)10(4)7-8(13)11(14-10)5-6-12/h6H,5,7H2,1-4H3. The minimum atomic E-state index is -0.507. The van der Waals surface area contributed by atoms with Gasteiger partial charge in [-0.2, -0.15) is 0 Å². The molecule has 80 valence electrons. The van der Waals surface area contributed by atoms with Gasteiger partial charge < -0.3 is 4.79 Å². The Kier molecular flexibility index (Phi) is 2.67. The van der Waals surface area contributed by atoms with Crippen molar-refractivity contribution in [2.24, 2.45) is 5.41 Å². The number of carbonyl (C=O) groups excluding carboxylic acids is 2. The van der Waals surface area contributed by atoms with Gasteiger partial charge in [-0.1, -0.05) is 20.8 Å². The maximum Gasteiger partial charge on any atom is 0.249 e. The van der Waals surface area contributed by atoms with Crippen LogP contribution in [0.5, 0.6) is 0 Å². The minimum Gasteiger partial charge on any atom is -0.301 e. The molecule has 1 heterocycles. The second-order valence-electron chi connectivity index (χ2n) is 4.87. The van der Waals surface area contributed by atoms with E-state index in [1.807, 2.05) is 27.7 Å². The van der Waals surface area contributed by atoms with Crippen LogP contribution in [0.25, 0.3) is 0 Å². The third-order valence-electron chi connectivity index (χ3n) is 2.91. The Bertz CT molecular complexity index is 257. The lowest BCUT2D eigenvalue weighted by atomic mass is 9.76. The van der Waals surface area contributed by atoms with Gasteiger partial charge in [0.1, 0.15) is 18.4 Å². The average Bonchev–Trinajstić information content (AvgIpc) is 2.27. The Morgan fingerprint density at radius 3 is 2.50 bits per heavy atom. The van der Waals surface area contributed by atoms with E-state index in [9.17, 15) is 9.59 Å². The zero-order valence-electron chi connectivity index (χ0n) is 9.16. The first-order valence-corrected chi connectivity index (χ1v) is 4.73. The molecule has 0 spiro atoms. The molecule has 4 nitrogen and oxygen atoms in total. The summed E-state index contributed by atoms with van der Waals surface area (Å²) in [5, 5.41) is 1.15. The Labute approximate surface area is 84.2 Å². The summed E-state index contributed by atoms with van der Waals surface area (Å²) in [4.78, 5) is 27.3. The monoisotopic (exact) mass is 199 g/mol. The second-order valence-corrected chi connectivity index (χ2v) is 4.87. The number of aldehydes is 1. The molecule has 0 aromatic rings. The van der Waals surface area contributed by atoms with Crippen molar-refractivity contribution in [3.63, 3.8) is 0 Å². The predicted molar refractivity (Wildman–Crippen MR) is 51.3 cm³/mol. The molecule has 0 aliphatic carbocycles. The van der Waals surface area contributed by atoms with Gasteiger partial charge in [0.05, 0.1) is 6.42 Å². The number of rotatable bonds is 2. The van der Waals surface area contributed by atoms with E-state index in [0.29, 0.717) is 12.7 Å². The normalized spacial score (nSPS) is 28.3. The van der Waals surface area contributed by atoms with Crippen molar-refractivity contribution in [1.82, 2.24) is 5.06 Å². The van der Waals surface area contributed by atoms with Crippen LogP contribution in [0.3, 0.4) is 0 Å². The Hall–Kier alpha value is -0.900. The average molecular weight is 199 g/mol. The fourth-order valence-corrected chi connectivity index (χ4v) is 1.31. The molecule has 1 saturated heterocycles. The number of hydrogen-bond donors (Lipinski definition) is 0. The van der Waals surface area contributed by atoms with Crippen molar-refractivity contribution >= 4 is 12.2 Å². The van der Waals surface area contributed by atoms with Gasteiger partial charge in [0.2, 0.25) is 5.91 Å². The Morgan fingerprint density at radius 1 is 1.57 bits per heavy atom. The van der Waals surface area contributed by atoms with E-state index in [1.165, 1.54) is 0 Å². The third-order valence-corrected chi connectivity index (χ3v) is 2.91. The molecule has 0 aromatic heterocycles. The second kappa shape index (κ2) is 3.35. The van der Waals surface area contributed by atoms with E-state index in [4.69, 9.17) is 4.84 Å². The van der Waals surface area contributed by atoms with E-state index >= 15 is 0 Å². The molecule has 1 rings (SSSR count). The minimum absolute atomic E-state index is 0.0184. The van der Waals surface area contributed by atoms with E-state index in [-0.39, 0.29) is 17.9 Å². The summed E-state index contributed by atoms with van der Waals surface area (Å²) < 4.78 is 0. The molecule has 0 aromatic carbocycles. The first-order valence-electron chi connectivity index (χ1n) is 4.73. The maximum absolute atomic E-state index is 11.5. The van der Waals surface area contributed by atoms with Crippen molar-refractivity contribution in [3.05, 3.63) is 0 Å². The summed E-state index contributed by atoms with van der Waals surface area (Å²) in [6.45, 7) is 7.97. The van der Waals surface area contributed by atoms with Crippen LogP contribution in [0.1, 0.15) is 34.1 Å². The maximum atomic E-state index is 11.5. The molecule has 1 unspecified atom stereocenters. The van der Waals surface area contributed by atoms with E-state index in [1.54, 1.807) is 0 Å². The van der Waals surface area contributed by atoms with Crippen LogP contribution < -0.4 is 0 Å². The quantitative estimate of drug-likeness (QED) is 0.627. The third kappa shape index (κ3) is 1.80. The molecule has 4 heteroatoms. The van der Waals surface area contributed by atoms with Gasteiger partial charge >= 0.3 is 0 Å². The van der Waals surface area contributed by atoms with E-state index in [2.05, 4.69) is 0 Å². The number of hydrogen-bond acceptors (Lipinski definition) is 3. The SMILES string of the molecule is CC(C)(C)C1(C)CC(=O)N(CC=O)O1. The predicted octanol–water partition coefficient (Wildman–Crippen LogP) is 1.15. The van der Waals surface area contributed by atoms with Crippen molar-refractivity contribution in [3.8, 4) is 0 Å². The highest BCUT2D eigenvalue weighted by Crippen LogP contribution is 2.41. The number of hydroxylamine groups is 2. The fraction of sp³-hybridized carbons (Fsp3) is 0.800. The summed E-state index contributed by atoms with van der Waals surface area (Å²) in [5.41, 5.74) is -0.632. The van der Waals surface area contributed by atoms with E-state index < -0.39 is 5.60 Å². The number of nitrogens with zero attached hydrogens (tertiary/aromatic N) is 1. The highest BCUT2D eigenvalue weighted by Gasteiger charge is 2.48. The van der Waals surface area contributed by atoms with Crippen molar-refractivity contribution in [2.45, 2.75) is 39.7 Å². The highest BCUT2D eigenvalue weighted by molar-refractivity contribution is 5.80. The van der Waals surface area contributed by atoms with Crippen LogP contribution in [-0.2, 0) is 14.4 Å². The lowest BCUT2D eigenvalue weighted by Gasteiger charge is -2.36. The van der Waals surface area contributed by atoms with Gasteiger partial charge in [0, 0.05) is 0 Å². The first-order chi connectivity index (χ1) is 6.30. The molecule has 0 radical (unpaired) electrons. The summed E-state index contributed by atoms with van der Waals surface area (Å²) in [5.74, 6) is -0.116. The van der Waals surface area contributed by atoms with Crippen LogP contribution in [-0.4, -0.2) is 29.4 Å². The van der Waals surface area contributed by atoms with Crippen LogP contribution in [0.2, 0.25) is 0 Å². The van der Waals surface area contributed by atoms with Crippen LogP contribution in [0.4, 0.5) is 0 Å². The molecule has 1 amide bonds. The molecule has 1 fully saturated rings. The largest absolute Gasteiger partial charge is 0.301 e. The summed E-state index contributed by atoms with van der Waals surface area (Å²) in [7, 11) is 0. The fourth-order valence-electron chi connectivity index (χ4n) is 1.31. The molecule has 14 heavy (non-hydrogen) atoms. The molecule has 1 atom stereocenters. The van der Waals surface area contributed by atoms with Crippen molar-refractivity contribution in [1.29, 1.82) is 0 Å². The van der Waals surface area contributed by atoms with Gasteiger partial charge in [-0.25, -0.2) is 5.06 Å². The summed E-state index contributed by atoms with van der Waals surface area (Å²) >= 11 is 0. The molecule has 0 saturated carbocycles. The van der Waals surface area contributed by atoms with E-state index in [0.717, 1.165) is 5.06 Å². The van der Waals surface area contributed by atoms with Gasteiger partial charge in [0.15, 0.2) is 0 Å². The molecule has 1 aliphatic heterocycles. The zero-order valence-corrected chi connectivity index (χ0v) is 9.16. The molecule has 0 bridgehead atoms. The molecular formula is C10H17NO3. The molecule has 1 aliphatic rings. The summed E-state index contributed by atoms with van der Waals surface area (Å²) in [6, 6.07) is 0. The van der Waals surface area contributed by atoms with Crippen LogP contribution in [0, 0.1) is 5.41 Å². The van der Waals surface area contributed by atoms with Crippen LogP contribution in [0.15, 0.2) is 0 Å². The van der Waals surface area contributed by atoms with Crippen molar-refractivity contribution in [2.75, 3.05) is 6.54 Å².